The fourth-order valence-electron chi connectivity index (χ4n) is 3.83. The van der Waals surface area contributed by atoms with Crippen LogP contribution in [0, 0.1) is 5.92 Å². The number of nitrogens with one attached hydrogen (secondary N) is 1. The third-order valence-electron chi connectivity index (χ3n) is 5.57. The van der Waals surface area contributed by atoms with Crippen LogP contribution in [0.25, 0.3) is 0 Å². The molecule has 0 radical (unpaired) electrons. The number of phenols is 1. The Labute approximate surface area is 191 Å². The molecule has 174 valence electrons. The molecule has 9 nitrogen and oxygen atoms in total. The van der Waals surface area contributed by atoms with Gasteiger partial charge < -0.3 is 15.2 Å². The molecule has 0 spiro atoms. The quantitative estimate of drug-likeness (QED) is 0.565. The van der Waals surface area contributed by atoms with Crippen molar-refractivity contribution in [3.8, 4) is 11.5 Å². The number of carbonyl (C=O) groups is 3. The van der Waals surface area contributed by atoms with Crippen LogP contribution in [-0.4, -0.2) is 54.8 Å². The van der Waals surface area contributed by atoms with Crippen molar-refractivity contribution in [3.63, 3.8) is 0 Å². The summed E-state index contributed by atoms with van der Waals surface area (Å²) in [5.74, 6) is -1.83. The number of benzene rings is 2. The molecule has 1 aliphatic heterocycles. The molecule has 0 bridgehead atoms. The molecule has 4 rings (SSSR count). The average molecular weight is 473 g/mol. The van der Waals surface area contributed by atoms with E-state index in [2.05, 4.69) is 5.32 Å². The number of hydrogen-bond donors (Lipinski definition) is 2. The number of phenolic OH excluding ortho intramolecular Hbond substituents is 1. The highest BCUT2D eigenvalue weighted by molar-refractivity contribution is 7.90. The minimum atomic E-state index is -3.63. The molecular weight excluding hydrogens is 448 g/mol. The lowest BCUT2D eigenvalue weighted by atomic mass is 10.1. The van der Waals surface area contributed by atoms with Crippen LogP contribution in [0.15, 0.2) is 36.4 Å². The lowest BCUT2D eigenvalue weighted by Gasteiger charge is -2.26. The SMILES string of the molecule is CC(=O)Nc1cccc2c1C(=O)N(C(CS(C)(=O)=O)c1ccc(O)c(OCC3CC3)c1)C2=O. The minimum absolute atomic E-state index is 0.0141. The van der Waals surface area contributed by atoms with Gasteiger partial charge in [-0.1, -0.05) is 12.1 Å². The Bertz CT molecular complexity index is 1250. The standard InChI is InChI=1S/C23H24N2O7S/c1-13(26)24-17-5-3-4-16-21(17)23(29)25(22(16)28)18(12-33(2,30)31)15-8-9-19(27)20(10-15)32-11-14-6-7-14/h3-5,8-10,14,18,27H,6-7,11-12H2,1-2H3,(H,24,26). The third kappa shape index (κ3) is 4.85. The Kier molecular flexibility index (Phi) is 5.87. The summed E-state index contributed by atoms with van der Waals surface area (Å²) in [4.78, 5) is 39.1. The smallest absolute Gasteiger partial charge is 0.264 e. The molecule has 10 heteroatoms. The first kappa shape index (κ1) is 22.8. The van der Waals surface area contributed by atoms with Crippen LogP contribution in [-0.2, 0) is 14.6 Å². The summed E-state index contributed by atoms with van der Waals surface area (Å²) in [5, 5.41) is 12.7. The van der Waals surface area contributed by atoms with Gasteiger partial charge in [0.1, 0.15) is 9.84 Å². The number of aromatic hydroxyl groups is 1. The number of ether oxygens (including phenoxy) is 1. The Morgan fingerprint density at radius 1 is 1.21 bits per heavy atom. The first-order chi connectivity index (χ1) is 15.5. The van der Waals surface area contributed by atoms with Crippen molar-refractivity contribution in [3.05, 3.63) is 53.1 Å². The number of carbonyl (C=O) groups excluding carboxylic acids is 3. The van der Waals surface area contributed by atoms with Crippen molar-refractivity contribution in [2.75, 3.05) is 23.9 Å². The zero-order valence-electron chi connectivity index (χ0n) is 18.2. The summed E-state index contributed by atoms with van der Waals surface area (Å²) in [5.41, 5.74) is 0.603. The van der Waals surface area contributed by atoms with Crippen molar-refractivity contribution in [1.82, 2.24) is 4.90 Å². The number of sulfone groups is 1. The number of nitrogens with zero attached hydrogens (tertiary/aromatic N) is 1. The molecule has 2 aromatic rings. The number of anilines is 1. The van der Waals surface area contributed by atoms with Gasteiger partial charge in [-0.2, -0.15) is 0 Å². The van der Waals surface area contributed by atoms with Crippen LogP contribution in [0.2, 0.25) is 0 Å². The molecule has 1 fully saturated rings. The lowest BCUT2D eigenvalue weighted by Crippen LogP contribution is -2.37. The minimum Gasteiger partial charge on any atom is -0.504 e. The molecule has 2 N–H and O–H groups in total. The van der Waals surface area contributed by atoms with E-state index in [4.69, 9.17) is 4.74 Å². The van der Waals surface area contributed by atoms with Crippen molar-refractivity contribution in [1.29, 1.82) is 0 Å². The fourth-order valence-corrected chi connectivity index (χ4v) is 4.75. The van der Waals surface area contributed by atoms with E-state index in [9.17, 15) is 27.9 Å². The molecule has 1 heterocycles. The van der Waals surface area contributed by atoms with Gasteiger partial charge in [-0.05, 0) is 48.6 Å². The molecule has 33 heavy (non-hydrogen) atoms. The van der Waals surface area contributed by atoms with Crippen molar-refractivity contribution in [2.24, 2.45) is 5.92 Å². The Morgan fingerprint density at radius 2 is 1.94 bits per heavy atom. The fraction of sp³-hybridized carbons (Fsp3) is 0.348. The normalized spacial score (nSPS) is 16.5. The van der Waals surface area contributed by atoms with E-state index in [-0.39, 0.29) is 28.3 Å². The average Bonchev–Trinajstić information content (AvgIpc) is 3.51. The molecule has 1 saturated carbocycles. The van der Waals surface area contributed by atoms with E-state index >= 15 is 0 Å². The van der Waals surface area contributed by atoms with Gasteiger partial charge in [-0.3, -0.25) is 19.3 Å². The van der Waals surface area contributed by atoms with E-state index in [1.165, 1.54) is 43.3 Å². The highest BCUT2D eigenvalue weighted by atomic mass is 32.2. The van der Waals surface area contributed by atoms with E-state index in [0.717, 1.165) is 24.0 Å². The highest BCUT2D eigenvalue weighted by Gasteiger charge is 2.43. The second-order valence-corrected chi connectivity index (χ2v) is 10.7. The predicted octanol–water partition coefficient (Wildman–Crippen LogP) is 2.52. The van der Waals surface area contributed by atoms with Crippen LogP contribution >= 0.6 is 0 Å². The maximum absolute atomic E-state index is 13.4. The number of imide groups is 1. The van der Waals surface area contributed by atoms with Gasteiger partial charge in [0.05, 0.1) is 35.2 Å². The van der Waals surface area contributed by atoms with Crippen LogP contribution in [0.4, 0.5) is 5.69 Å². The second kappa shape index (κ2) is 8.51. The van der Waals surface area contributed by atoms with Gasteiger partial charge in [0.25, 0.3) is 11.8 Å². The topological polar surface area (TPSA) is 130 Å². The zero-order chi connectivity index (χ0) is 23.9. The Balaban J connectivity index is 1.75. The summed E-state index contributed by atoms with van der Waals surface area (Å²) in [6.45, 7) is 1.70. The number of hydrogen-bond acceptors (Lipinski definition) is 7. The van der Waals surface area contributed by atoms with E-state index in [0.29, 0.717) is 18.1 Å². The summed E-state index contributed by atoms with van der Waals surface area (Å²) < 4.78 is 30.2. The maximum atomic E-state index is 13.4. The van der Waals surface area contributed by atoms with Crippen LogP contribution in [0.3, 0.4) is 0 Å². The summed E-state index contributed by atoms with van der Waals surface area (Å²) in [7, 11) is -3.63. The first-order valence-electron chi connectivity index (χ1n) is 10.5. The first-order valence-corrected chi connectivity index (χ1v) is 12.5. The van der Waals surface area contributed by atoms with E-state index in [1.54, 1.807) is 0 Å². The molecule has 0 saturated heterocycles. The van der Waals surface area contributed by atoms with Gasteiger partial charge in [0, 0.05) is 13.2 Å². The van der Waals surface area contributed by atoms with Crippen LogP contribution in [0.5, 0.6) is 11.5 Å². The Morgan fingerprint density at radius 3 is 2.58 bits per heavy atom. The van der Waals surface area contributed by atoms with Crippen molar-refractivity contribution < 1.29 is 32.6 Å². The Hall–Kier alpha value is -3.40. The van der Waals surface area contributed by atoms with E-state index < -0.39 is 39.4 Å². The summed E-state index contributed by atoms with van der Waals surface area (Å²) >= 11 is 0. The number of rotatable bonds is 8. The largest absolute Gasteiger partial charge is 0.504 e. The van der Waals surface area contributed by atoms with Gasteiger partial charge in [-0.15, -0.1) is 0 Å². The molecule has 1 atom stereocenters. The van der Waals surface area contributed by atoms with Crippen molar-refractivity contribution >= 4 is 33.2 Å². The molecule has 2 aliphatic rings. The number of amides is 3. The van der Waals surface area contributed by atoms with Crippen molar-refractivity contribution in [2.45, 2.75) is 25.8 Å². The summed E-state index contributed by atoms with van der Waals surface area (Å²) in [6.07, 6.45) is 3.11. The molecule has 2 aromatic carbocycles. The van der Waals surface area contributed by atoms with Crippen LogP contribution in [0.1, 0.15) is 52.1 Å². The summed E-state index contributed by atoms with van der Waals surface area (Å²) in [6, 6.07) is 7.63. The maximum Gasteiger partial charge on any atom is 0.264 e. The van der Waals surface area contributed by atoms with Crippen LogP contribution < -0.4 is 10.1 Å². The highest BCUT2D eigenvalue weighted by Crippen LogP contribution is 2.39. The lowest BCUT2D eigenvalue weighted by molar-refractivity contribution is -0.114. The van der Waals surface area contributed by atoms with Gasteiger partial charge in [-0.25, -0.2) is 8.42 Å². The third-order valence-corrected chi connectivity index (χ3v) is 6.49. The molecular formula is C23H24N2O7S. The monoisotopic (exact) mass is 472 g/mol. The zero-order valence-corrected chi connectivity index (χ0v) is 19.0. The second-order valence-electron chi connectivity index (χ2n) is 8.48. The molecule has 0 aromatic heterocycles. The number of fused-ring (bicyclic) bond motifs is 1. The molecule has 1 aliphatic carbocycles. The van der Waals surface area contributed by atoms with Gasteiger partial charge in [0.2, 0.25) is 5.91 Å². The molecule has 3 amide bonds. The molecule has 1 unspecified atom stereocenters. The van der Waals surface area contributed by atoms with Gasteiger partial charge in [0.15, 0.2) is 11.5 Å². The van der Waals surface area contributed by atoms with Gasteiger partial charge >= 0.3 is 0 Å². The van der Waals surface area contributed by atoms with E-state index in [1.807, 2.05) is 0 Å². The predicted molar refractivity (Wildman–Crippen MR) is 120 cm³/mol.